The SMILES string of the molecule is CCCCCCCCCCCCc1ccc(C(=O)c2ccccc2)c(O)c1. The van der Waals surface area contributed by atoms with Crippen LogP contribution in [0, 0.1) is 0 Å². The highest BCUT2D eigenvalue weighted by atomic mass is 16.3. The van der Waals surface area contributed by atoms with Gasteiger partial charge in [0.2, 0.25) is 0 Å². The van der Waals surface area contributed by atoms with E-state index in [0.29, 0.717) is 11.1 Å². The molecule has 1 N–H and O–H groups in total. The summed E-state index contributed by atoms with van der Waals surface area (Å²) in [6.45, 7) is 2.26. The topological polar surface area (TPSA) is 37.3 Å². The molecule has 0 saturated carbocycles. The van der Waals surface area contributed by atoms with E-state index in [-0.39, 0.29) is 11.5 Å². The molecule has 2 rings (SSSR count). The molecule has 0 unspecified atom stereocenters. The Hall–Kier alpha value is -2.09. The number of phenolic OH excluding ortho intramolecular Hbond substituents is 1. The lowest BCUT2D eigenvalue weighted by Crippen LogP contribution is -2.02. The quantitative estimate of drug-likeness (QED) is 0.303. The Morgan fingerprint density at radius 2 is 1.37 bits per heavy atom. The second kappa shape index (κ2) is 12.3. The van der Waals surface area contributed by atoms with Gasteiger partial charge in [0.05, 0.1) is 5.56 Å². The number of rotatable bonds is 13. The summed E-state index contributed by atoms with van der Waals surface area (Å²) in [5.74, 6) is -0.0352. The minimum absolute atomic E-state index is 0.0911. The fraction of sp³-hybridized carbons (Fsp3) is 0.480. The maximum absolute atomic E-state index is 12.5. The summed E-state index contributed by atoms with van der Waals surface area (Å²) in [6.07, 6.45) is 14.2. The van der Waals surface area contributed by atoms with E-state index in [4.69, 9.17) is 0 Å². The highest BCUT2D eigenvalue weighted by molar-refractivity contribution is 6.10. The van der Waals surface area contributed by atoms with Crippen LogP contribution in [0.4, 0.5) is 0 Å². The van der Waals surface area contributed by atoms with Gasteiger partial charge in [0.15, 0.2) is 5.78 Å². The van der Waals surface area contributed by atoms with Gasteiger partial charge in [0.25, 0.3) is 0 Å². The number of hydrogen-bond acceptors (Lipinski definition) is 2. The first-order chi connectivity index (χ1) is 13.2. The Balaban J connectivity index is 1.68. The first-order valence-electron chi connectivity index (χ1n) is 10.6. The van der Waals surface area contributed by atoms with Gasteiger partial charge in [-0.3, -0.25) is 4.79 Å². The van der Waals surface area contributed by atoms with Crippen molar-refractivity contribution in [1.82, 2.24) is 0 Å². The van der Waals surface area contributed by atoms with Crippen LogP contribution in [-0.2, 0) is 6.42 Å². The van der Waals surface area contributed by atoms with Crippen molar-refractivity contribution in [2.75, 3.05) is 0 Å². The maximum Gasteiger partial charge on any atom is 0.196 e. The van der Waals surface area contributed by atoms with Crippen LogP contribution < -0.4 is 0 Å². The zero-order chi connectivity index (χ0) is 19.3. The molecule has 27 heavy (non-hydrogen) atoms. The van der Waals surface area contributed by atoms with Crippen LogP contribution in [0.15, 0.2) is 48.5 Å². The number of unbranched alkanes of at least 4 members (excludes halogenated alkanes) is 9. The predicted octanol–water partition coefficient (Wildman–Crippen LogP) is 7.09. The molecule has 0 bridgehead atoms. The van der Waals surface area contributed by atoms with Gasteiger partial charge in [-0.1, -0.05) is 101 Å². The summed E-state index contributed by atoms with van der Waals surface area (Å²) in [5.41, 5.74) is 2.10. The normalized spacial score (nSPS) is 10.9. The van der Waals surface area contributed by atoms with Crippen LogP contribution in [0.1, 0.15) is 92.6 Å². The van der Waals surface area contributed by atoms with Crippen LogP contribution in [0.5, 0.6) is 5.75 Å². The van der Waals surface area contributed by atoms with E-state index in [9.17, 15) is 9.90 Å². The average molecular weight is 367 g/mol. The first kappa shape index (κ1) is 21.2. The molecule has 0 amide bonds. The third-order valence-corrected chi connectivity index (χ3v) is 5.16. The Morgan fingerprint density at radius 1 is 0.778 bits per heavy atom. The molecule has 0 saturated heterocycles. The lowest BCUT2D eigenvalue weighted by molar-refractivity contribution is 0.103. The van der Waals surface area contributed by atoms with E-state index in [1.807, 2.05) is 24.3 Å². The molecule has 0 radical (unpaired) electrons. The molecule has 0 atom stereocenters. The zero-order valence-corrected chi connectivity index (χ0v) is 16.8. The lowest BCUT2D eigenvalue weighted by atomic mass is 9.98. The third-order valence-electron chi connectivity index (χ3n) is 5.16. The Bertz CT molecular complexity index is 676. The summed E-state index contributed by atoms with van der Waals surface area (Å²) in [6, 6.07) is 14.6. The number of phenols is 1. The molecule has 0 aliphatic heterocycles. The average Bonchev–Trinajstić information content (AvgIpc) is 2.70. The summed E-state index contributed by atoms with van der Waals surface area (Å²) in [4.78, 5) is 12.5. The van der Waals surface area contributed by atoms with Crippen molar-refractivity contribution in [3.63, 3.8) is 0 Å². The number of aromatic hydroxyl groups is 1. The standard InChI is InChI=1S/C25H34O2/c1-2-3-4-5-6-7-8-9-10-12-15-21-18-19-23(24(26)20-21)25(27)22-16-13-11-14-17-22/h11,13-14,16-20,26H,2-10,12,15H2,1H3. The monoisotopic (exact) mass is 366 g/mol. The van der Waals surface area contributed by atoms with E-state index in [1.165, 1.54) is 57.8 Å². The Kier molecular flexibility index (Phi) is 9.68. The molecule has 2 heteroatoms. The van der Waals surface area contributed by atoms with Gasteiger partial charge in [-0.2, -0.15) is 0 Å². The van der Waals surface area contributed by atoms with Crippen molar-refractivity contribution in [3.8, 4) is 5.75 Å². The fourth-order valence-electron chi connectivity index (χ4n) is 3.49. The molecule has 146 valence electrons. The third kappa shape index (κ3) is 7.58. The minimum atomic E-state index is -0.126. The molecule has 0 aliphatic carbocycles. The summed E-state index contributed by atoms with van der Waals surface area (Å²) in [7, 11) is 0. The smallest absolute Gasteiger partial charge is 0.196 e. The number of benzene rings is 2. The van der Waals surface area contributed by atoms with Gasteiger partial charge in [-0.25, -0.2) is 0 Å². The van der Waals surface area contributed by atoms with Gasteiger partial charge in [0, 0.05) is 5.56 Å². The Labute approximate surface area is 164 Å². The van der Waals surface area contributed by atoms with Crippen molar-refractivity contribution in [2.45, 2.75) is 77.6 Å². The van der Waals surface area contributed by atoms with Gasteiger partial charge in [-0.05, 0) is 30.5 Å². The van der Waals surface area contributed by atoms with Crippen LogP contribution >= 0.6 is 0 Å². The highest BCUT2D eigenvalue weighted by Crippen LogP contribution is 2.23. The molecular weight excluding hydrogens is 332 g/mol. The molecule has 2 aromatic carbocycles. The molecule has 2 aromatic rings. The number of carbonyl (C=O) groups is 1. The van der Waals surface area contributed by atoms with Crippen molar-refractivity contribution < 1.29 is 9.90 Å². The molecule has 0 spiro atoms. The Morgan fingerprint density at radius 3 is 1.96 bits per heavy atom. The number of carbonyl (C=O) groups excluding carboxylic acids is 1. The molecule has 0 heterocycles. The summed E-state index contributed by atoms with van der Waals surface area (Å²) in [5, 5.41) is 10.3. The second-order valence-electron chi connectivity index (χ2n) is 7.48. The van der Waals surface area contributed by atoms with E-state index < -0.39 is 0 Å². The van der Waals surface area contributed by atoms with Crippen molar-refractivity contribution in [2.24, 2.45) is 0 Å². The predicted molar refractivity (Wildman–Crippen MR) is 114 cm³/mol. The van der Waals surface area contributed by atoms with E-state index in [0.717, 1.165) is 18.4 Å². The fourth-order valence-corrected chi connectivity index (χ4v) is 3.49. The lowest BCUT2D eigenvalue weighted by Gasteiger charge is -2.07. The van der Waals surface area contributed by atoms with Crippen LogP contribution in [0.25, 0.3) is 0 Å². The number of ketones is 1. The van der Waals surface area contributed by atoms with E-state index in [2.05, 4.69) is 6.92 Å². The summed E-state index contributed by atoms with van der Waals surface area (Å²) >= 11 is 0. The van der Waals surface area contributed by atoms with Gasteiger partial charge in [-0.15, -0.1) is 0 Å². The van der Waals surface area contributed by atoms with Crippen LogP contribution in [-0.4, -0.2) is 10.9 Å². The molecule has 0 aromatic heterocycles. The number of hydrogen-bond donors (Lipinski definition) is 1. The highest BCUT2D eigenvalue weighted by Gasteiger charge is 2.13. The maximum atomic E-state index is 12.5. The molecular formula is C25H34O2. The largest absolute Gasteiger partial charge is 0.507 e. The molecule has 0 aliphatic rings. The molecule has 0 fully saturated rings. The van der Waals surface area contributed by atoms with Gasteiger partial charge in [0.1, 0.15) is 5.75 Å². The van der Waals surface area contributed by atoms with Crippen LogP contribution in [0.3, 0.4) is 0 Å². The van der Waals surface area contributed by atoms with Crippen molar-refractivity contribution in [3.05, 3.63) is 65.2 Å². The van der Waals surface area contributed by atoms with Gasteiger partial charge < -0.3 is 5.11 Å². The first-order valence-corrected chi connectivity index (χ1v) is 10.6. The van der Waals surface area contributed by atoms with E-state index in [1.54, 1.807) is 24.3 Å². The van der Waals surface area contributed by atoms with E-state index >= 15 is 0 Å². The second-order valence-corrected chi connectivity index (χ2v) is 7.48. The van der Waals surface area contributed by atoms with Crippen molar-refractivity contribution >= 4 is 5.78 Å². The van der Waals surface area contributed by atoms with Gasteiger partial charge >= 0.3 is 0 Å². The van der Waals surface area contributed by atoms with Crippen LogP contribution in [0.2, 0.25) is 0 Å². The number of aryl methyl sites for hydroxylation is 1. The van der Waals surface area contributed by atoms with Crippen molar-refractivity contribution in [1.29, 1.82) is 0 Å². The summed E-state index contributed by atoms with van der Waals surface area (Å²) < 4.78 is 0. The zero-order valence-electron chi connectivity index (χ0n) is 16.8. The minimum Gasteiger partial charge on any atom is -0.507 e. The molecule has 2 nitrogen and oxygen atoms in total.